The summed E-state index contributed by atoms with van der Waals surface area (Å²) >= 11 is 0. The molecular formula is C21H14N6O. The molecule has 134 valence electrons. The van der Waals surface area contributed by atoms with Gasteiger partial charge in [-0.2, -0.15) is 0 Å². The third-order valence-corrected chi connectivity index (χ3v) is 4.11. The number of benzene rings is 2. The Balaban J connectivity index is 1.68. The van der Waals surface area contributed by atoms with Gasteiger partial charge < -0.3 is 4.74 Å². The second-order valence-corrected chi connectivity index (χ2v) is 6.03. The van der Waals surface area contributed by atoms with E-state index in [9.17, 15) is 0 Å². The van der Waals surface area contributed by atoms with Crippen molar-refractivity contribution in [2.45, 2.75) is 0 Å². The van der Waals surface area contributed by atoms with E-state index in [-0.39, 0.29) is 0 Å². The number of ether oxygens (including phenoxy) is 1. The largest absolute Gasteiger partial charge is 0.437 e. The third kappa shape index (κ3) is 3.05. The molecular weight excluding hydrogens is 352 g/mol. The molecule has 7 nitrogen and oxygen atoms in total. The number of para-hydroxylation sites is 1. The molecule has 2 aromatic carbocycles. The van der Waals surface area contributed by atoms with Crippen molar-refractivity contribution in [1.82, 2.24) is 29.8 Å². The fraction of sp³-hybridized carbons (Fsp3) is 0. The van der Waals surface area contributed by atoms with Crippen molar-refractivity contribution in [2.75, 3.05) is 0 Å². The Morgan fingerprint density at radius 3 is 2.39 bits per heavy atom. The first kappa shape index (κ1) is 16.1. The van der Waals surface area contributed by atoms with Gasteiger partial charge in [0, 0.05) is 12.4 Å². The van der Waals surface area contributed by atoms with Crippen molar-refractivity contribution in [1.29, 1.82) is 0 Å². The van der Waals surface area contributed by atoms with E-state index in [0.717, 1.165) is 10.8 Å². The average molecular weight is 366 g/mol. The van der Waals surface area contributed by atoms with E-state index in [1.807, 2.05) is 66.7 Å². The van der Waals surface area contributed by atoms with Gasteiger partial charge in [-0.05, 0) is 23.8 Å². The predicted octanol–water partition coefficient (Wildman–Crippen LogP) is 2.92. The highest BCUT2D eigenvalue weighted by Crippen LogP contribution is 2.18. The molecule has 0 saturated carbocycles. The molecule has 0 aliphatic rings. The predicted molar refractivity (Wildman–Crippen MR) is 104 cm³/mol. The van der Waals surface area contributed by atoms with E-state index in [0.29, 0.717) is 28.8 Å². The lowest BCUT2D eigenvalue weighted by Gasteiger charge is -2.01. The number of fused-ring (bicyclic) bond motifs is 1. The summed E-state index contributed by atoms with van der Waals surface area (Å²) in [6.45, 7) is 0. The highest BCUT2D eigenvalue weighted by Gasteiger charge is 2.16. The normalized spacial score (nSPS) is 11.8. The number of hydrogen-bond acceptors (Lipinski definition) is 6. The van der Waals surface area contributed by atoms with Gasteiger partial charge in [-0.25, -0.2) is 9.97 Å². The molecule has 0 atom stereocenters. The minimum atomic E-state index is 0.441. The Hall–Kier alpha value is -4.13. The van der Waals surface area contributed by atoms with Crippen LogP contribution in [0.4, 0.5) is 0 Å². The van der Waals surface area contributed by atoms with Gasteiger partial charge in [0.25, 0.3) is 0 Å². The molecule has 0 bridgehead atoms. The van der Waals surface area contributed by atoms with Crippen LogP contribution in [0.1, 0.15) is 5.56 Å². The Labute approximate surface area is 160 Å². The number of hydrogen-bond donors (Lipinski definition) is 0. The Morgan fingerprint density at radius 2 is 1.64 bits per heavy atom. The lowest BCUT2D eigenvalue weighted by atomic mass is 10.2. The zero-order valence-corrected chi connectivity index (χ0v) is 14.7. The molecule has 5 aromatic rings. The van der Waals surface area contributed by atoms with Crippen molar-refractivity contribution in [3.8, 4) is 23.1 Å². The van der Waals surface area contributed by atoms with Crippen LogP contribution in [0.25, 0.3) is 23.2 Å². The second-order valence-electron chi connectivity index (χ2n) is 6.03. The van der Waals surface area contributed by atoms with Crippen LogP contribution < -0.4 is 9.96 Å². The van der Waals surface area contributed by atoms with Crippen molar-refractivity contribution in [2.24, 2.45) is 0 Å². The van der Waals surface area contributed by atoms with Crippen LogP contribution >= 0.6 is 0 Å². The van der Waals surface area contributed by atoms with Gasteiger partial charge in [0.05, 0.1) is 11.4 Å². The highest BCUT2D eigenvalue weighted by atomic mass is 16.5. The zero-order valence-electron chi connectivity index (χ0n) is 14.7. The summed E-state index contributed by atoms with van der Waals surface area (Å²) in [6, 6.07) is 19.5. The molecule has 0 radical (unpaired) electrons. The van der Waals surface area contributed by atoms with Gasteiger partial charge in [0.15, 0.2) is 5.65 Å². The van der Waals surface area contributed by atoms with Crippen LogP contribution in [0, 0.1) is 0 Å². The molecule has 0 aliphatic carbocycles. The molecule has 0 amide bonds. The maximum atomic E-state index is 6.00. The molecule has 28 heavy (non-hydrogen) atoms. The van der Waals surface area contributed by atoms with Gasteiger partial charge in [-0.1, -0.05) is 48.5 Å². The standard InChI is InChI=1S/C21H14N6O/c1-3-7-15(8-4-1)13-17-20-24-19(18-14-22-11-12-23-18)25-27(20)26-21(17)28-16-9-5-2-6-10-16/h1-14H. The average Bonchev–Trinajstić information content (AvgIpc) is 3.30. The van der Waals surface area contributed by atoms with E-state index in [4.69, 9.17) is 4.74 Å². The molecule has 5 rings (SSSR count). The molecule has 0 aliphatic heterocycles. The highest BCUT2D eigenvalue weighted by molar-refractivity contribution is 5.62. The van der Waals surface area contributed by atoms with Crippen LogP contribution in [0.5, 0.6) is 11.6 Å². The first-order chi connectivity index (χ1) is 13.9. The Kier molecular flexibility index (Phi) is 3.95. The fourth-order valence-corrected chi connectivity index (χ4v) is 2.82. The molecule has 7 heteroatoms. The van der Waals surface area contributed by atoms with Crippen LogP contribution in [0.2, 0.25) is 0 Å². The van der Waals surface area contributed by atoms with Crippen LogP contribution in [-0.4, -0.2) is 29.8 Å². The third-order valence-electron chi connectivity index (χ3n) is 4.11. The van der Waals surface area contributed by atoms with Crippen molar-refractivity contribution >= 4 is 11.7 Å². The Morgan fingerprint density at radius 1 is 0.857 bits per heavy atom. The van der Waals surface area contributed by atoms with Gasteiger partial charge in [-0.3, -0.25) is 4.98 Å². The maximum absolute atomic E-state index is 6.00. The monoisotopic (exact) mass is 366 g/mol. The van der Waals surface area contributed by atoms with Crippen molar-refractivity contribution in [3.63, 3.8) is 0 Å². The lowest BCUT2D eigenvalue weighted by molar-refractivity contribution is 0.453. The summed E-state index contributed by atoms with van der Waals surface area (Å²) in [5.74, 6) is 1.60. The topological polar surface area (TPSA) is 78.1 Å². The SMILES string of the molecule is C(c1ccccc1)=c1c(Oc2ccccc2)nn2nc(-c3cnccn3)nc12. The number of aromatic nitrogens is 6. The minimum absolute atomic E-state index is 0.441. The number of nitrogens with zero attached hydrogens (tertiary/aromatic N) is 6. The van der Waals surface area contributed by atoms with E-state index in [1.54, 1.807) is 18.6 Å². The molecule has 3 aromatic heterocycles. The van der Waals surface area contributed by atoms with Crippen LogP contribution in [-0.2, 0) is 0 Å². The molecule has 0 fully saturated rings. The smallest absolute Gasteiger partial charge is 0.250 e. The second kappa shape index (κ2) is 6.88. The number of rotatable bonds is 4. The van der Waals surface area contributed by atoms with Gasteiger partial charge in [0.2, 0.25) is 11.7 Å². The fourth-order valence-electron chi connectivity index (χ4n) is 2.82. The van der Waals surface area contributed by atoms with E-state index in [1.165, 1.54) is 4.63 Å². The first-order valence-electron chi connectivity index (χ1n) is 8.70. The van der Waals surface area contributed by atoms with Gasteiger partial charge >= 0.3 is 0 Å². The quantitative estimate of drug-likeness (QED) is 0.487. The molecule has 0 N–H and O–H groups in total. The minimum Gasteiger partial charge on any atom is -0.437 e. The zero-order chi connectivity index (χ0) is 18.8. The lowest BCUT2D eigenvalue weighted by Crippen LogP contribution is -2.04. The van der Waals surface area contributed by atoms with Gasteiger partial charge in [-0.15, -0.1) is 14.8 Å². The van der Waals surface area contributed by atoms with E-state index in [2.05, 4.69) is 25.1 Å². The maximum Gasteiger partial charge on any atom is 0.250 e. The first-order valence-corrected chi connectivity index (χ1v) is 8.70. The molecule has 0 spiro atoms. The summed E-state index contributed by atoms with van der Waals surface area (Å²) in [5.41, 5.74) is 2.19. The van der Waals surface area contributed by atoms with E-state index < -0.39 is 0 Å². The summed E-state index contributed by atoms with van der Waals surface area (Å²) in [7, 11) is 0. The van der Waals surface area contributed by atoms with Gasteiger partial charge in [0.1, 0.15) is 11.4 Å². The molecule has 0 unspecified atom stereocenters. The molecule has 3 heterocycles. The Bertz CT molecular complexity index is 1270. The van der Waals surface area contributed by atoms with E-state index >= 15 is 0 Å². The summed E-state index contributed by atoms with van der Waals surface area (Å²) in [6.07, 6.45) is 6.82. The van der Waals surface area contributed by atoms with Crippen molar-refractivity contribution < 1.29 is 4.74 Å². The van der Waals surface area contributed by atoms with Crippen LogP contribution in [0.3, 0.4) is 0 Å². The summed E-state index contributed by atoms with van der Waals surface area (Å²) in [4.78, 5) is 12.9. The summed E-state index contributed by atoms with van der Waals surface area (Å²) in [5, 5.41) is 9.68. The van der Waals surface area contributed by atoms with Crippen molar-refractivity contribution in [3.05, 3.63) is 90.0 Å². The summed E-state index contributed by atoms with van der Waals surface area (Å²) < 4.78 is 7.47. The molecule has 0 saturated heterocycles. The van der Waals surface area contributed by atoms with Crippen LogP contribution in [0.15, 0.2) is 79.3 Å².